The second-order valence-corrected chi connectivity index (χ2v) is 7.90. The average molecular weight is 475 g/mol. The molecule has 0 saturated heterocycles. The van der Waals surface area contributed by atoms with Gasteiger partial charge < -0.3 is 9.47 Å². The van der Waals surface area contributed by atoms with Gasteiger partial charge in [-0.2, -0.15) is 0 Å². The Labute approximate surface area is 211 Å². The van der Waals surface area contributed by atoms with Crippen molar-refractivity contribution in [2.45, 2.75) is 0 Å². The first kappa shape index (κ1) is 24.4. The molecule has 4 aromatic rings. The van der Waals surface area contributed by atoms with Crippen molar-refractivity contribution in [2.24, 2.45) is 0 Å². The molecule has 0 aliphatic heterocycles. The molecule has 4 rings (SSSR count). The van der Waals surface area contributed by atoms with Crippen molar-refractivity contribution in [3.63, 3.8) is 0 Å². The number of hydrogen-bond acceptors (Lipinski definition) is 4. The summed E-state index contributed by atoms with van der Waals surface area (Å²) in [5.41, 5.74) is 2.89. The molecule has 0 bridgehead atoms. The van der Waals surface area contributed by atoms with E-state index in [1.165, 1.54) is 0 Å². The zero-order chi connectivity index (χ0) is 25.0. The molecule has 4 aromatic carbocycles. The lowest BCUT2D eigenvalue weighted by molar-refractivity contribution is 0.103. The van der Waals surface area contributed by atoms with Gasteiger partial charge in [0.1, 0.15) is 24.7 Å². The van der Waals surface area contributed by atoms with Crippen LogP contribution in [0.2, 0.25) is 0 Å². The first-order valence-electron chi connectivity index (χ1n) is 11.7. The highest BCUT2D eigenvalue weighted by atomic mass is 16.5. The molecule has 178 valence electrons. The number of rotatable bonds is 11. The number of benzene rings is 4. The monoisotopic (exact) mass is 474 g/mol. The first-order valence-corrected chi connectivity index (χ1v) is 11.7. The van der Waals surface area contributed by atoms with Gasteiger partial charge in [-0.1, -0.05) is 97.1 Å². The number of para-hydroxylation sites is 2. The quantitative estimate of drug-likeness (QED) is 0.134. The predicted octanol–water partition coefficient (Wildman–Crippen LogP) is 6.94. The van der Waals surface area contributed by atoms with Gasteiger partial charge in [-0.15, -0.1) is 0 Å². The second-order valence-electron chi connectivity index (χ2n) is 7.90. The van der Waals surface area contributed by atoms with E-state index in [1.54, 1.807) is 48.6 Å². The highest BCUT2D eigenvalue weighted by Gasteiger charge is 2.05. The maximum atomic E-state index is 12.4. The lowest BCUT2D eigenvalue weighted by atomic mass is 10.1. The van der Waals surface area contributed by atoms with Gasteiger partial charge in [-0.25, -0.2) is 0 Å². The van der Waals surface area contributed by atoms with E-state index in [0.717, 1.165) is 11.1 Å². The van der Waals surface area contributed by atoms with Gasteiger partial charge in [-0.3, -0.25) is 9.59 Å². The third-order valence-electron chi connectivity index (χ3n) is 5.38. The van der Waals surface area contributed by atoms with Crippen molar-refractivity contribution >= 4 is 23.7 Å². The Morgan fingerprint density at radius 2 is 0.861 bits per heavy atom. The van der Waals surface area contributed by atoms with Crippen LogP contribution in [0.25, 0.3) is 12.2 Å². The van der Waals surface area contributed by atoms with Crippen LogP contribution in [0.4, 0.5) is 0 Å². The maximum absolute atomic E-state index is 12.4. The van der Waals surface area contributed by atoms with Crippen molar-refractivity contribution < 1.29 is 19.1 Å². The minimum atomic E-state index is -0.0656. The molecule has 36 heavy (non-hydrogen) atoms. The summed E-state index contributed by atoms with van der Waals surface area (Å²) in [6, 6.07) is 33.4. The predicted molar refractivity (Wildman–Crippen MR) is 143 cm³/mol. The third-order valence-corrected chi connectivity index (χ3v) is 5.38. The topological polar surface area (TPSA) is 52.6 Å². The molecule has 0 radical (unpaired) electrons. The molecule has 0 aliphatic carbocycles. The Morgan fingerprint density at radius 3 is 1.28 bits per heavy atom. The Balaban J connectivity index is 1.34. The van der Waals surface area contributed by atoms with Crippen LogP contribution in [0.3, 0.4) is 0 Å². The highest BCUT2D eigenvalue weighted by Crippen LogP contribution is 2.22. The van der Waals surface area contributed by atoms with Gasteiger partial charge in [0.05, 0.1) is 0 Å². The van der Waals surface area contributed by atoms with Crippen LogP contribution in [0.1, 0.15) is 31.8 Å². The van der Waals surface area contributed by atoms with Crippen molar-refractivity contribution in [2.75, 3.05) is 13.2 Å². The largest absolute Gasteiger partial charge is 0.489 e. The van der Waals surface area contributed by atoms with Crippen LogP contribution >= 0.6 is 0 Å². The lowest BCUT2D eigenvalue weighted by Gasteiger charge is -2.12. The van der Waals surface area contributed by atoms with Crippen LogP contribution in [0, 0.1) is 0 Å². The van der Waals surface area contributed by atoms with Crippen molar-refractivity contribution in [3.05, 3.63) is 144 Å². The molecule has 0 saturated carbocycles. The number of ketones is 2. The molecule has 4 heteroatoms. The SMILES string of the molecule is O=C(/C=C/c1ccccc1OCCOc1ccccc1/C=C/C(=O)c1ccccc1)c1ccccc1. The van der Waals surface area contributed by atoms with E-state index in [2.05, 4.69) is 0 Å². The Bertz CT molecular complexity index is 1250. The number of ether oxygens (including phenoxy) is 2. The average Bonchev–Trinajstić information content (AvgIpc) is 2.94. The van der Waals surface area contributed by atoms with E-state index in [4.69, 9.17) is 9.47 Å². The summed E-state index contributed by atoms with van der Waals surface area (Å²) in [6.07, 6.45) is 6.62. The Morgan fingerprint density at radius 1 is 0.500 bits per heavy atom. The third kappa shape index (κ3) is 6.90. The van der Waals surface area contributed by atoms with Crippen molar-refractivity contribution in [1.29, 1.82) is 0 Å². The lowest BCUT2D eigenvalue weighted by Crippen LogP contribution is -2.10. The van der Waals surface area contributed by atoms with E-state index in [1.807, 2.05) is 84.9 Å². The van der Waals surface area contributed by atoms with Crippen LogP contribution < -0.4 is 9.47 Å². The van der Waals surface area contributed by atoms with Crippen molar-refractivity contribution in [3.8, 4) is 11.5 Å². The van der Waals surface area contributed by atoms with Gasteiger partial charge in [0.15, 0.2) is 11.6 Å². The standard InChI is InChI=1S/C32H26O4/c33-29(25-11-3-1-4-12-25)21-19-27-15-7-9-17-31(27)35-23-24-36-32-18-10-8-16-28(32)20-22-30(34)26-13-5-2-6-14-26/h1-22H,23-24H2/b21-19+,22-20+. The number of allylic oxidation sites excluding steroid dienone is 2. The smallest absolute Gasteiger partial charge is 0.185 e. The van der Waals surface area contributed by atoms with Gasteiger partial charge in [0, 0.05) is 22.3 Å². The molecule has 0 fully saturated rings. The number of carbonyl (C=O) groups excluding carboxylic acids is 2. The summed E-state index contributed by atoms with van der Waals surface area (Å²) in [6.45, 7) is 0.636. The van der Waals surface area contributed by atoms with Crippen LogP contribution in [0.5, 0.6) is 11.5 Å². The Hall–Kier alpha value is -4.70. The van der Waals surface area contributed by atoms with Gasteiger partial charge in [0.25, 0.3) is 0 Å². The maximum Gasteiger partial charge on any atom is 0.185 e. The van der Waals surface area contributed by atoms with E-state index in [-0.39, 0.29) is 11.6 Å². The number of hydrogen-bond donors (Lipinski definition) is 0. The molecule has 0 aliphatic rings. The van der Waals surface area contributed by atoms with E-state index < -0.39 is 0 Å². The van der Waals surface area contributed by atoms with Gasteiger partial charge in [-0.05, 0) is 36.4 Å². The molecular weight excluding hydrogens is 448 g/mol. The normalized spacial score (nSPS) is 11.0. The zero-order valence-electron chi connectivity index (χ0n) is 19.7. The first-order chi connectivity index (χ1) is 17.7. The fourth-order valence-corrected chi connectivity index (χ4v) is 3.53. The molecule has 4 nitrogen and oxygen atoms in total. The van der Waals surface area contributed by atoms with Crippen molar-refractivity contribution in [1.82, 2.24) is 0 Å². The summed E-state index contributed by atoms with van der Waals surface area (Å²) in [4.78, 5) is 24.8. The van der Waals surface area contributed by atoms with E-state index in [0.29, 0.717) is 35.8 Å². The van der Waals surface area contributed by atoms with E-state index in [9.17, 15) is 9.59 Å². The van der Waals surface area contributed by atoms with E-state index >= 15 is 0 Å². The molecular formula is C32H26O4. The summed E-state index contributed by atoms with van der Waals surface area (Å²) in [7, 11) is 0. The van der Waals surface area contributed by atoms with Crippen LogP contribution in [-0.2, 0) is 0 Å². The fraction of sp³-hybridized carbons (Fsp3) is 0.0625. The summed E-state index contributed by atoms with van der Waals surface area (Å²) >= 11 is 0. The molecule has 0 atom stereocenters. The minimum absolute atomic E-state index is 0.0656. The van der Waals surface area contributed by atoms with Gasteiger partial charge >= 0.3 is 0 Å². The second kappa shape index (κ2) is 12.7. The van der Waals surface area contributed by atoms with Crippen LogP contribution in [0.15, 0.2) is 121 Å². The molecule has 0 N–H and O–H groups in total. The fourth-order valence-electron chi connectivity index (χ4n) is 3.53. The Kier molecular flexibility index (Phi) is 8.60. The molecule has 0 amide bonds. The molecule has 0 heterocycles. The van der Waals surface area contributed by atoms with Gasteiger partial charge in [0.2, 0.25) is 0 Å². The molecule has 0 unspecified atom stereocenters. The molecule has 0 spiro atoms. The highest BCUT2D eigenvalue weighted by molar-refractivity contribution is 6.07. The van der Waals surface area contributed by atoms with Crippen LogP contribution in [-0.4, -0.2) is 24.8 Å². The summed E-state index contributed by atoms with van der Waals surface area (Å²) < 4.78 is 11.9. The number of carbonyl (C=O) groups is 2. The zero-order valence-corrected chi connectivity index (χ0v) is 19.7. The summed E-state index contributed by atoms with van der Waals surface area (Å²) in [5, 5.41) is 0. The minimum Gasteiger partial charge on any atom is -0.489 e. The molecule has 0 aromatic heterocycles. The summed E-state index contributed by atoms with van der Waals surface area (Å²) in [5.74, 6) is 1.20.